The van der Waals surface area contributed by atoms with Gasteiger partial charge in [0.2, 0.25) is 11.8 Å². The molecule has 6 heteroatoms. The van der Waals surface area contributed by atoms with Crippen LogP contribution in [0.4, 0.5) is 0 Å². The van der Waals surface area contributed by atoms with E-state index in [-0.39, 0.29) is 36.2 Å². The van der Waals surface area contributed by atoms with Crippen LogP contribution in [-0.4, -0.2) is 43.4 Å². The molecule has 5 nitrogen and oxygen atoms in total. The maximum Gasteiger partial charge on any atom is 0.224 e. The van der Waals surface area contributed by atoms with Gasteiger partial charge in [-0.1, -0.05) is 6.92 Å². The standard InChI is InChI=1S/C11H23N3O2.ClH/c1-8(11(16)13-3)7-14(4)10(15)6-5-9(2)12;/h8-9H,5-7,12H2,1-4H3,(H,13,16);1H. The van der Waals surface area contributed by atoms with Crippen molar-refractivity contribution < 1.29 is 9.59 Å². The molecule has 102 valence electrons. The predicted molar refractivity (Wildman–Crippen MR) is 71.0 cm³/mol. The topological polar surface area (TPSA) is 75.4 Å². The first kappa shape index (κ1) is 18.6. The summed E-state index contributed by atoms with van der Waals surface area (Å²) in [7, 11) is 3.31. The minimum absolute atomic E-state index is 0. The highest BCUT2D eigenvalue weighted by atomic mass is 35.5. The number of rotatable bonds is 6. The second-order valence-corrected chi connectivity index (χ2v) is 4.31. The lowest BCUT2D eigenvalue weighted by molar-refractivity contribution is -0.132. The lowest BCUT2D eigenvalue weighted by atomic mass is 10.1. The zero-order chi connectivity index (χ0) is 12.7. The third-order valence-electron chi connectivity index (χ3n) is 2.48. The lowest BCUT2D eigenvalue weighted by Crippen LogP contribution is -2.37. The number of nitrogens with two attached hydrogens (primary N) is 1. The van der Waals surface area contributed by atoms with E-state index in [0.717, 1.165) is 0 Å². The molecule has 0 heterocycles. The minimum Gasteiger partial charge on any atom is -0.359 e. The van der Waals surface area contributed by atoms with Gasteiger partial charge in [0.1, 0.15) is 0 Å². The van der Waals surface area contributed by atoms with E-state index in [2.05, 4.69) is 5.32 Å². The number of amides is 2. The molecule has 0 aromatic carbocycles. The fourth-order valence-corrected chi connectivity index (χ4v) is 1.38. The average molecular weight is 266 g/mol. The van der Waals surface area contributed by atoms with E-state index < -0.39 is 0 Å². The quantitative estimate of drug-likeness (QED) is 0.729. The average Bonchev–Trinajstić information content (AvgIpc) is 2.24. The van der Waals surface area contributed by atoms with Crippen LogP contribution < -0.4 is 11.1 Å². The van der Waals surface area contributed by atoms with Gasteiger partial charge in [-0.3, -0.25) is 9.59 Å². The van der Waals surface area contributed by atoms with Crippen molar-refractivity contribution in [2.45, 2.75) is 32.7 Å². The fraction of sp³-hybridized carbons (Fsp3) is 0.818. The summed E-state index contributed by atoms with van der Waals surface area (Å²) < 4.78 is 0. The van der Waals surface area contributed by atoms with Crippen LogP contribution in [0.15, 0.2) is 0 Å². The molecule has 0 aliphatic carbocycles. The number of nitrogens with one attached hydrogen (secondary N) is 1. The maximum absolute atomic E-state index is 11.6. The molecule has 0 bridgehead atoms. The summed E-state index contributed by atoms with van der Waals surface area (Å²) in [5, 5.41) is 2.56. The Bertz CT molecular complexity index is 247. The lowest BCUT2D eigenvalue weighted by Gasteiger charge is -2.21. The first-order chi connectivity index (χ1) is 7.38. The normalized spacial score (nSPS) is 13.2. The van der Waals surface area contributed by atoms with E-state index in [1.54, 1.807) is 25.9 Å². The number of carbonyl (C=O) groups is 2. The zero-order valence-electron chi connectivity index (χ0n) is 11.0. The highest BCUT2D eigenvalue weighted by Gasteiger charge is 2.17. The van der Waals surface area contributed by atoms with Gasteiger partial charge >= 0.3 is 0 Å². The third-order valence-corrected chi connectivity index (χ3v) is 2.48. The highest BCUT2D eigenvalue weighted by Crippen LogP contribution is 2.03. The van der Waals surface area contributed by atoms with Crippen molar-refractivity contribution in [2.75, 3.05) is 20.6 Å². The second-order valence-electron chi connectivity index (χ2n) is 4.31. The van der Waals surface area contributed by atoms with Gasteiger partial charge in [0, 0.05) is 33.1 Å². The van der Waals surface area contributed by atoms with Crippen molar-refractivity contribution >= 4 is 24.2 Å². The molecule has 0 rings (SSSR count). The molecule has 0 saturated heterocycles. The smallest absolute Gasteiger partial charge is 0.224 e. The number of hydrogen-bond acceptors (Lipinski definition) is 3. The maximum atomic E-state index is 11.6. The summed E-state index contributed by atoms with van der Waals surface area (Å²) in [5.41, 5.74) is 5.58. The van der Waals surface area contributed by atoms with Gasteiger partial charge in [0.05, 0.1) is 5.92 Å². The molecule has 17 heavy (non-hydrogen) atoms. The second kappa shape index (κ2) is 9.24. The molecule has 0 saturated carbocycles. The van der Waals surface area contributed by atoms with Crippen molar-refractivity contribution in [1.29, 1.82) is 0 Å². The highest BCUT2D eigenvalue weighted by molar-refractivity contribution is 5.85. The molecule has 0 aromatic rings. The van der Waals surface area contributed by atoms with Gasteiger partial charge in [-0.05, 0) is 13.3 Å². The van der Waals surface area contributed by atoms with Crippen LogP contribution in [-0.2, 0) is 9.59 Å². The Labute approximate surface area is 110 Å². The molecule has 0 radical (unpaired) electrons. The Balaban J connectivity index is 0. The number of nitrogens with zero attached hydrogens (tertiary/aromatic N) is 1. The Hall–Kier alpha value is -0.810. The van der Waals surface area contributed by atoms with Crippen LogP contribution in [0.5, 0.6) is 0 Å². The van der Waals surface area contributed by atoms with Crippen LogP contribution in [0.25, 0.3) is 0 Å². The number of halogens is 1. The molecular formula is C11H24ClN3O2. The van der Waals surface area contributed by atoms with Crippen molar-refractivity contribution in [3.05, 3.63) is 0 Å². The summed E-state index contributed by atoms with van der Waals surface area (Å²) in [6.45, 7) is 4.12. The monoisotopic (exact) mass is 265 g/mol. The molecular weight excluding hydrogens is 242 g/mol. The Morgan fingerprint density at radius 3 is 2.29 bits per heavy atom. The van der Waals surface area contributed by atoms with Gasteiger partial charge in [-0.15, -0.1) is 12.4 Å². The first-order valence-corrected chi connectivity index (χ1v) is 5.59. The molecule has 2 amide bonds. The molecule has 2 atom stereocenters. The van der Waals surface area contributed by atoms with Crippen molar-refractivity contribution in [3.63, 3.8) is 0 Å². The molecule has 0 aromatic heterocycles. The number of hydrogen-bond donors (Lipinski definition) is 2. The summed E-state index contributed by atoms with van der Waals surface area (Å²) in [4.78, 5) is 24.5. The van der Waals surface area contributed by atoms with E-state index in [9.17, 15) is 9.59 Å². The molecule has 0 fully saturated rings. The third kappa shape index (κ3) is 7.99. The number of carbonyl (C=O) groups excluding carboxylic acids is 2. The Morgan fingerprint density at radius 2 is 1.88 bits per heavy atom. The van der Waals surface area contributed by atoms with Crippen LogP contribution in [0.1, 0.15) is 26.7 Å². The molecule has 0 aliphatic heterocycles. The van der Waals surface area contributed by atoms with Gasteiger partial charge in [0.25, 0.3) is 0 Å². The van der Waals surface area contributed by atoms with Crippen molar-refractivity contribution in [1.82, 2.24) is 10.2 Å². The molecule has 3 N–H and O–H groups in total. The van der Waals surface area contributed by atoms with Gasteiger partial charge in [-0.2, -0.15) is 0 Å². The fourth-order valence-electron chi connectivity index (χ4n) is 1.38. The first-order valence-electron chi connectivity index (χ1n) is 5.59. The van der Waals surface area contributed by atoms with Gasteiger partial charge < -0.3 is 16.0 Å². The van der Waals surface area contributed by atoms with Gasteiger partial charge in [0.15, 0.2) is 0 Å². The van der Waals surface area contributed by atoms with Crippen LogP contribution in [0.3, 0.4) is 0 Å². The predicted octanol–water partition coefficient (Wildman–Crippen LogP) is 0.376. The summed E-state index contributed by atoms with van der Waals surface area (Å²) in [6.07, 6.45) is 1.12. The molecule has 0 spiro atoms. The van der Waals surface area contributed by atoms with Gasteiger partial charge in [-0.25, -0.2) is 0 Å². The SMILES string of the molecule is CNC(=O)C(C)CN(C)C(=O)CCC(C)N.Cl. The minimum atomic E-state index is -0.186. The van der Waals surface area contributed by atoms with E-state index >= 15 is 0 Å². The van der Waals surface area contributed by atoms with E-state index in [1.807, 2.05) is 6.92 Å². The van der Waals surface area contributed by atoms with E-state index in [1.165, 1.54) is 0 Å². The molecule has 2 unspecified atom stereocenters. The Kier molecular flexibility index (Phi) is 10.1. The largest absolute Gasteiger partial charge is 0.359 e. The van der Waals surface area contributed by atoms with Crippen LogP contribution in [0, 0.1) is 5.92 Å². The van der Waals surface area contributed by atoms with Crippen molar-refractivity contribution in [2.24, 2.45) is 11.7 Å². The molecule has 0 aliphatic rings. The summed E-state index contributed by atoms with van der Waals surface area (Å²) in [5.74, 6) is -0.200. The van der Waals surface area contributed by atoms with Crippen LogP contribution >= 0.6 is 12.4 Å². The zero-order valence-corrected chi connectivity index (χ0v) is 11.8. The summed E-state index contributed by atoms with van der Waals surface area (Å²) >= 11 is 0. The van der Waals surface area contributed by atoms with E-state index in [0.29, 0.717) is 19.4 Å². The summed E-state index contributed by atoms with van der Waals surface area (Å²) in [6, 6.07) is 0.0358. The van der Waals surface area contributed by atoms with Crippen LogP contribution in [0.2, 0.25) is 0 Å². The van der Waals surface area contributed by atoms with Crippen molar-refractivity contribution in [3.8, 4) is 0 Å². The Morgan fingerprint density at radius 1 is 1.35 bits per heavy atom. The van der Waals surface area contributed by atoms with E-state index in [4.69, 9.17) is 5.73 Å².